The van der Waals surface area contributed by atoms with Gasteiger partial charge in [-0.3, -0.25) is 0 Å². The first kappa shape index (κ1) is 9.44. The molecule has 0 atom stereocenters. The molecule has 1 saturated carbocycles. The van der Waals surface area contributed by atoms with Crippen LogP contribution in [0.25, 0.3) is 4.85 Å². The summed E-state index contributed by atoms with van der Waals surface area (Å²) in [5, 5.41) is 0. The minimum Gasteiger partial charge on any atom is -0.310 e. The minimum absolute atomic E-state index is 0.527. The molecule has 0 heterocycles. The van der Waals surface area contributed by atoms with Crippen LogP contribution in [0.1, 0.15) is 32.1 Å². The fourth-order valence-corrected chi connectivity index (χ4v) is 1.76. The molecule has 12 heavy (non-hydrogen) atoms. The lowest BCUT2D eigenvalue weighted by Crippen LogP contribution is -2.32. The van der Waals surface area contributed by atoms with Crippen LogP contribution in [0.2, 0.25) is 0 Å². The summed E-state index contributed by atoms with van der Waals surface area (Å²) in [6.07, 6.45) is 4.08. The third-order valence-corrected chi connectivity index (χ3v) is 2.49. The second-order valence-corrected chi connectivity index (χ2v) is 3.41. The number of nitrogens with zero attached hydrogens (tertiary/aromatic N) is 1. The van der Waals surface area contributed by atoms with Crippen molar-refractivity contribution in [2.45, 2.75) is 38.0 Å². The van der Waals surface area contributed by atoms with Crippen molar-refractivity contribution >= 4 is 0 Å². The molecular formula is C9H13F2N. The highest BCUT2D eigenvalue weighted by atomic mass is 19.3. The lowest BCUT2D eigenvalue weighted by Gasteiger charge is -2.26. The van der Waals surface area contributed by atoms with Crippen molar-refractivity contribution in [1.29, 1.82) is 0 Å². The van der Waals surface area contributed by atoms with Gasteiger partial charge in [-0.15, -0.1) is 0 Å². The normalized spacial score (nSPS) is 20.4. The van der Waals surface area contributed by atoms with Gasteiger partial charge in [0.2, 0.25) is 0 Å². The average molecular weight is 173 g/mol. The zero-order chi connectivity index (χ0) is 9.03. The Kier molecular flexibility index (Phi) is 3.02. The molecule has 0 N–H and O–H groups in total. The van der Waals surface area contributed by atoms with Crippen LogP contribution < -0.4 is 0 Å². The molecular weight excluding hydrogens is 160 g/mol. The molecule has 1 fully saturated rings. The van der Waals surface area contributed by atoms with Crippen LogP contribution in [0, 0.1) is 12.5 Å². The standard InChI is InChI=1S/C9H13F2N/c1-12-7-9(10,11)8-5-3-2-4-6-8/h8H,2-7H2. The Balaban J connectivity index is 2.48. The predicted molar refractivity (Wildman–Crippen MR) is 43.0 cm³/mol. The Morgan fingerprint density at radius 2 is 1.83 bits per heavy atom. The van der Waals surface area contributed by atoms with E-state index < -0.39 is 18.4 Å². The van der Waals surface area contributed by atoms with Crippen molar-refractivity contribution in [1.82, 2.24) is 0 Å². The number of halogens is 2. The molecule has 1 aliphatic rings. The Hall–Kier alpha value is -0.650. The Morgan fingerprint density at radius 1 is 1.25 bits per heavy atom. The van der Waals surface area contributed by atoms with Gasteiger partial charge >= 0.3 is 5.92 Å². The molecule has 0 radical (unpaired) electrons. The van der Waals surface area contributed by atoms with Crippen LogP contribution >= 0.6 is 0 Å². The summed E-state index contributed by atoms with van der Waals surface area (Å²) in [4.78, 5) is 2.78. The highest BCUT2D eigenvalue weighted by Crippen LogP contribution is 2.36. The van der Waals surface area contributed by atoms with E-state index in [1.807, 2.05) is 0 Å². The maximum absolute atomic E-state index is 13.1. The average Bonchev–Trinajstić information content (AvgIpc) is 2.06. The lowest BCUT2D eigenvalue weighted by atomic mass is 9.84. The van der Waals surface area contributed by atoms with E-state index in [2.05, 4.69) is 4.85 Å². The predicted octanol–water partition coefficient (Wildman–Crippen LogP) is 3.12. The monoisotopic (exact) mass is 173 g/mol. The van der Waals surface area contributed by atoms with Crippen molar-refractivity contribution in [3.8, 4) is 0 Å². The molecule has 1 rings (SSSR count). The molecule has 1 aliphatic carbocycles. The molecule has 0 aliphatic heterocycles. The minimum atomic E-state index is -2.73. The summed E-state index contributed by atoms with van der Waals surface area (Å²) in [6, 6.07) is 0. The number of hydrogen-bond donors (Lipinski definition) is 0. The van der Waals surface area contributed by atoms with Crippen LogP contribution in [0.15, 0.2) is 0 Å². The molecule has 0 aromatic rings. The van der Waals surface area contributed by atoms with Gasteiger partial charge in [-0.05, 0) is 12.8 Å². The van der Waals surface area contributed by atoms with Crippen LogP contribution in [-0.2, 0) is 0 Å². The zero-order valence-electron chi connectivity index (χ0n) is 7.02. The van der Waals surface area contributed by atoms with E-state index >= 15 is 0 Å². The quantitative estimate of drug-likeness (QED) is 0.565. The summed E-state index contributed by atoms with van der Waals surface area (Å²) in [5.41, 5.74) is 0. The highest BCUT2D eigenvalue weighted by Gasteiger charge is 2.42. The number of alkyl halides is 2. The van der Waals surface area contributed by atoms with Gasteiger partial charge in [-0.2, -0.15) is 8.78 Å². The fraction of sp³-hybridized carbons (Fsp3) is 0.889. The van der Waals surface area contributed by atoms with Crippen LogP contribution in [0.4, 0.5) is 8.78 Å². The van der Waals surface area contributed by atoms with Crippen molar-refractivity contribution in [2.24, 2.45) is 5.92 Å². The topological polar surface area (TPSA) is 4.36 Å². The van der Waals surface area contributed by atoms with Crippen molar-refractivity contribution < 1.29 is 8.78 Å². The van der Waals surface area contributed by atoms with Crippen LogP contribution in [-0.4, -0.2) is 12.5 Å². The van der Waals surface area contributed by atoms with E-state index in [1.165, 1.54) is 0 Å². The highest BCUT2D eigenvalue weighted by molar-refractivity contribution is 4.85. The number of hydrogen-bond acceptors (Lipinski definition) is 0. The molecule has 0 spiro atoms. The van der Waals surface area contributed by atoms with Crippen molar-refractivity contribution in [3.05, 3.63) is 11.4 Å². The fourth-order valence-electron chi connectivity index (χ4n) is 1.76. The maximum atomic E-state index is 13.1. The van der Waals surface area contributed by atoms with Gasteiger partial charge in [0, 0.05) is 5.92 Å². The third-order valence-electron chi connectivity index (χ3n) is 2.49. The summed E-state index contributed by atoms with van der Waals surface area (Å²) >= 11 is 0. The molecule has 68 valence electrons. The van der Waals surface area contributed by atoms with Gasteiger partial charge in [0.25, 0.3) is 6.54 Å². The maximum Gasteiger partial charge on any atom is 0.321 e. The summed E-state index contributed by atoms with van der Waals surface area (Å²) < 4.78 is 26.2. The van der Waals surface area contributed by atoms with E-state index in [-0.39, 0.29) is 0 Å². The zero-order valence-corrected chi connectivity index (χ0v) is 7.02. The van der Waals surface area contributed by atoms with E-state index in [1.54, 1.807) is 0 Å². The molecule has 1 nitrogen and oxygen atoms in total. The first-order valence-electron chi connectivity index (χ1n) is 4.38. The summed E-state index contributed by atoms with van der Waals surface area (Å²) in [5.74, 6) is -3.26. The molecule has 0 unspecified atom stereocenters. The SMILES string of the molecule is [C-]#[N+]CC(F)(F)C1CCCCC1. The Morgan fingerprint density at radius 3 is 2.33 bits per heavy atom. The third kappa shape index (κ3) is 2.17. The van der Waals surface area contributed by atoms with Crippen molar-refractivity contribution in [2.75, 3.05) is 6.54 Å². The molecule has 0 saturated heterocycles. The van der Waals surface area contributed by atoms with Gasteiger partial charge in [-0.1, -0.05) is 19.3 Å². The van der Waals surface area contributed by atoms with E-state index in [4.69, 9.17) is 6.57 Å². The van der Waals surface area contributed by atoms with Crippen LogP contribution in [0.3, 0.4) is 0 Å². The van der Waals surface area contributed by atoms with Gasteiger partial charge in [0.05, 0.1) is 0 Å². The number of rotatable bonds is 2. The molecule has 0 aromatic carbocycles. The summed E-state index contributed by atoms with van der Waals surface area (Å²) in [7, 11) is 0. The second kappa shape index (κ2) is 3.84. The van der Waals surface area contributed by atoms with E-state index in [0.717, 1.165) is 19.3 Å². The largest absolute Gasteiger partial charge is 0.321 e. The smallest absolute Gasteiger partial charge is 0.310 e. The van der Waals surface area contributed by atoms with Gasteiger partial charge in [-0.25, -0.2) is 6.57 Å². The first-order chi connectivity index (χ1) is 5.67. The molecule has 0 aromatic heterocycles. The van der Waals surface area contributed by atoms with E-state index in [9.17, 15) is 8.78 Å². The first-order valence-corrected chi connectivity index (χ1v) is 4.38. The Bertz CT molecular complexity index is 177. The second-order valence-electron chi connectivity index (χ2n) is 3.41. The van der Waals surface area contributed by atoms with Crippen molar-refractivity contribution in [3.63, 3.8) is 0 Å². The summed E-state index contributed by atoms with van der Waals surface area (Å²) in [6.45, 7) is 5.79. The van der Waals surface area contributed by atoms with Gasteiger partial charge < -0.3 is 4.85 Å². The van der Waals surface area contributed by atoms with Crippen LogP contribution in [0.5, 0.6) is 0 Å². The van der Waals surface area contributed by atoms with Gasteiger partial charge in [0.15, 0.2) is 0 Å². The molecule has 0 bridgehead atoms. The molecule has 0 amide bonds. The Labute approximate surface area is 71.6 Å². The van der Waals surface area contributed by atoms with E-state index in [0.29, 0.717) is 12.8 Å². The lowest BCUT2D eigenvalue weighted by molar-refractivity contribution is -0.0552. The molecule has 3 heteroatoms. The van der Waals surface area contributed by atoms with Gasteiger partial charge in [0.1, 0.15) is 0 Å².